The number of rotatable bonds is 5. The maximum Gasteiger partial charge on any atom is 0.277 e. The predicted molar refractivity (Wildman–Crippen MR) is 127 cm³/mol. The monoisotopic (exact) mass is 495 g/mol. The van der Waals surface area contributed by atoms with Crippen LogP contribution in [0.4, 0.5) is 20.2 Å². The van der Waals surface area contributed by atoms with Crippen molar-refractivity contribution in [2.45, 2.75) is 25.7 Å². The fourth-order valence-electron chi connectivity index (χ4n) is 4.73. The number of halogens is 2. The molecule has 1 saturated heterocycles. The quantitative estimate of drug-likeness (QED) is 0.585. The summed E-state index contributed by atoms with van der Waals surface area (Å²) in [5, 5.41) is 4.17. The molecule has 2 N–H and O–H groups in total. The number of carbonyl (C=O) groups is 3. The number of nitrogens with zero attached hydrogens (tertiary/aromatic N) is 4. The van der Waals surface area contributed by atoms with Crippen LogP contribution in [0.25, 0.3) is 5.69 Å². The molecule has 3 aromatic rings. The van der Waals surface area contributed by atoms with Gasteiger partial charge in [-0.15, -0.1) is 0 Å². The molecule has 1 aromatic heterocycles. The SMILES string of the molecule is COc1cc(N2CCCCC2=O)ccc1N1CCc2c(C(N)=O)nn(-c3ccc(F)c(F)c3)c2C1=O. The molecule has 0 spiro atoms. The molecule has 2 aliphatic rings. The Morgan fingerprint density at radius 1 is 0.972 bits per heavy atom. The molecule has 0 saturated carbocycles. The van der Waals surface area contributed by atoms with E-state index in [2.05, 4.69) is 5.10 Å². The van der Waals surface area contributed by atoms with Crippen LogP contribution < -0.4 is 20.3 Å². The van der Waals surface area contributed by atoms with Crippen LogP contribution in [-0.4, -0.2) is 47.7 Å². The van der Waals surface area contributed by atoms with E-state index in [9.17, 15) is 23.2 Å². The summed E-state index contributed by atoms with van der Waals surface area (Å²) in [5.74, 6) is -3.11. The molecule has 186 valence electrons. The molecular weight excluding hydrogens is 472 g/mol. The Hall–Kier alpha value is -4.28. The number of primary amides is 1. The van der Waals surface area contributed by atoms with Crippen molar-refractivity contribution in [1.82, 2.24) is 9.78 Å². The first-order chi connectivity index (χ1) is 17.3. The number of amides is 3. The second-order valence-electron chi connectivity index (χ2n) is 8.62. The van der Waals surface area contributed by atoms with Crippen LogP contribution in [0.2, 0.25) is 0 Å². The third kappa shape index (κ3) is 3.86. The molecule has 0 atom stereocenters. The van der Waals surface area contributed by atoms with Gasteiger partial charge in [0.25, 0.3) is 11.8 Å². The van der Waals surface area contributed by atoms with Crippen LogP contribution in [-0.2, 0) is 11.2 Å². The molecular formula is C25H23F2N5O4. The number of carbonyl (C=O) groups excluding carboxylic acids is 3. The van der Waals surface area contributed by atoms with Gasteiger partial charge in [0, 0.05) is 42.9 Å². The van der Waals surface area contributed by atoms with Crippen LogP contribution in [0.5, 0.6) is 5.75 Å². The molecule has 36 heavy (non-hydrogen) atoms. The summed E-state index contributed by atoms with van der Waals surface area (Å²) in [6.07, 6.45) is 2.49. The van der Waals surface area contributed by atoms with Gasteiger partial charge in [0.1, 0.15) is 11.4 Å². The zero-order valence-electron chi connectivity index (χ0n) is 19.5. The summed E-state index contributed by atoms with van der Waals surface area (Å²) < 4.78 is 34.2. The smallest absolute Gasteiger partial charge is 0.277 e. The van der Waals surface area contributed by atoms with Crippen molar-refractivity contribution < 1.29 is 27.9 Å². The van der Waals surface area contributed by atoms with Crippen LogP contribution in [0.15, 0.2) is 36.4 Å². The summed E-state index contributed by atoms with van der Waals surface area (Å²) in [6.45, 7) is 0.810. The Kier molecular flexibility index (Phi) is 5.91. The van der Waals surface area contributed by atoms with Gasteiger partial charge in [-0.3, -0.25) is 14.4 Å². The maximum atomic E-state index is 14.0. The van der Waals surface area contributed by atoms with Gasteiger partial charge in [-0.2, -0.15) is 5.10 Å². The topological polar surface area (TPSA) is 111 Å². The van der Waals surface area contributed by atoms with E-state index in [1.807, 2.05) is 0 Å². The molecule has 0 aliphatic carbocycles. The first-order valence-corrected chi connectivity index (χ1v) is 11.5. The number of benzene rings is 2. The Balaban J connectivity index is 1.57. The zero-order chi connectivity index (χ0) is 25.6. The van der Waals surface area contributed by atoms with Crippen molar-refractivity contribution in [2.75, 3.05) is 30.0 Å². The molecule has 3 amide bonds. The third-order valence-corrected chi connectivity index (χ3v) is 6.49. The maximum absolute atomic E-state index is 14.0. The van der Waals surface area contributed by atoms with E-state index in [4.69, 9.17) is 10.5 Å². The van der Waals surface area contributed by atoms with Gasteiger partial charge < -0.3 is 20.3 Å². The van der Waals surface area contributed by atoms with E-state index in [0.717, 1.165) is 29.7 Å². The van der Waals surface area contributed by atoms with Crippen LogP contribution in [0, 0.1) is 11.6 Å². The zero-order valence-corrected chi connectivity index (χ0v) is 19.5. The van der Waals surface area contributed by atoms with E-state index >= 15 is 0 Å². The number of anilines is 2. The molecule has 11 heteroatoms. The van der Waals surface area contributed by atoms with E-state index in [1.54, 1.807) is 23.1 Å². The molecule has 1 fully saturated rings. The Morgan fingerprint density at radius 2 is 1.75 bits per heavy atom. The van der Waals surface area contributed by atoms with Gasteiger partial charge in [0.15, 0.2) is 17.3 Å². The van der Waals surface area contributed by atoms with Crippen LogP contribution in [0.1, 0.15) is 45.8 Å². The number of fused-ring (bicyclic) bond motifs is 1. The summed E-state index contributed by atoms with van der Waals surface area (Å²) in [4.78, 5) is 41.3. The summed E-state index contributed by atoms with van der Waals surface area (Å²) >= 11 is 0. The first kappa shape index (κ1) is 23.5. The van der Waals surface area contributed by atoms with Gasteiger partial charge in [-0.05, 0) is 43.5 Å². The minimum absolute atomic E-state index is 0.0263. The highest BCUT2D eigenvalue weighted by Gasteiger charge is 2.36. The molecule has 0 unspecified atom stereocenters. The molecule has 2 aromatic carbocycles. The molecule has 0 radical (unpaired) electrons. The minimum atomic E-state index is -1.12. The second-order valence-corrected chi connectivity index (χ2v) is 8.62. The number of aromatic nitrogens is 2. The summed E-state index contributed by atoms with van der Waals surface area (Å²) in [7, 11) is 1.47. The Bertz CT molecular complexity index is 1400. The van der Waals surface area contributed by atoms with E-state index in [-0.39, 0.29) is 35.9 Å². The number of piperidine rings is 1. The Morgan fingerprint density at radius 3 is 2.44 bits per heavy atom. The Labute approximate surface area is 205 Å². The van der Waals surface area contributed by atoms with Crippen molar-refractivity contribution in [1.29, 1.82) is 0 Å². The van der Waals surface area contributed by atoms with Gasteiger partial charge in [-0.1, -0.05) is 0 Å². The normalized spacial score (nSPS) is 15.8. The average molecular weight is 495 g/mol. The summed E-state index contributed by atoms with van der Waals surface area (Å²) in [6, 6.07) is 8.23. The highest BCUT2D eigenvalue weighted by atomic mass is 19.2. The van der Waals surface area contributed by atoms with E-state index < -0.39 is 23.4 Å². The second kappa shape index (κ2) is 9.06. The number of ether oxygens (including phenoxy) is 1. The predicted octanol–water partition coefficient (Wildman–Crippen LogP) is 2.98. The molecule has 3 heterocycles. The lowest BCUT2D eigenvalue weighted by Crippen LogP contribution is -2.39. The molecule has 0 bridgehead atoms. The summed E-state index contributed by atoms with van der Waals surface area (Å²) in [5.41, 5.74) is 6.95. The number of nitrogens with two attached hydrogens (primary N) is 1. The highest BCUT2D eigenvalue weighted by molar-refractivity contribution is 6.10. The van der Waals surface area contributed by atoms with Crippen LogP contribution in [0.3, 0.4) is 0 Å². The van der Waals surface area contributed by atoms with Crippen molar-refractivity contribution in [3.63, 3.8) is 0 Å². The molecule has 9 nitrogen and oxygen atoms in total. The van der Waals surface area contributed by atoms with Gasteiger partial charge in [0.2, 0.25) is 5.91 Å². The van der Waals surface area contributed by atoms with Crippen molar-refractivity contribution in [3.8, 4) is 11.4 Å². The first-order valence-electron chi connectivity index (χ1n) is 11.5. The highest BCUT2D eigenvalue weighted by Crippen LogP contribution is 2.37. The van der Waals surface area contributed by atoms with Crippen molar-refractivity contribution in [2.24, 2.45) is 5.73 Å². The molecule has 2 aliphatic heterocycles. The number of hydrogen-bond donors (Lipinski definition) is 1. The minimum Gasteiger partial charge on any atom is -0.494 e. The van der Waals surface area contributed by atoms with Crippen molar-refractivity contribution in [3.05, 3.63) is 65.0 Å². The largest absolute Gasteiger partial charge is 0.494 e. The van der Waals surface area contributed by atoms with E-state index in [0.29, 0.717) is 35.7 Å². The lowest BCUT2D eigenvalue weighted by molar-refractivity contribution is -0.119. The lowest BCUT2D eigenvalue weighted by Gasteiger charge is -2.31. The average Bonchev–Trinajstić information content (AvgIpc) is 3.27. The molecule has 5 rings (SSSR count). The van der Waals surface area contributed by atoms with Gasteiger partial charge in [-0.25, -0.2) is 13.5 Å². The van der Waals surface area contributed by atoms with Crippen LogP contribution >= 0.6 is 0 Å². The van der Waals surface area contributed by atoms with Crippen molar-refractivity contribution >= 4 is 29.1 Å². The van der Waals surface area contributed by atoms with Gasteiger partial charge >= 0.3 is 0 Å². The fourth-order valence-corrected chi connectivity index (χ4v) is 4.73. The van der Waals surface area contributed by atoms with Gasteiger partial charge in [0.05, 0.1) is 18.5 Å². The number of methoxy groups -OCH3 is 1. The fraction of sp³-hybridized carbons (Fsp3) is 0.280. The van der Waals surface area contributed by atoms with E-state index in [1.165, 1.54) is 18.1 Å². The lowest BCUT2D eigenvalue weighted by atomic mass is 10.0. The third-order valence-electron chi connectivity index (χ3n) is 6.49. The number of hydrogen-bond acceptors (Lipinski definition) is 5. The standard InChI is InChI=1S/C25H23F2N5O4/c1-36-20-13-14(30-10-3-2-4-21(30)33)6-8-19(20)31-11-9-16-22(24(28)34)29-32(23(16)25(31)35)15-5-7-17(26)18(27)12-15/h5-8,12-13H,2-4,9-11H2,1H3,(H2,28,34).